The van der Waals surface area contributed by atoms with Gasteiger partial charge in [-0.2, -0.15) is 0 Å². The predicted molar refractivity (Wildman–Crippen MR) is 69.5 cm³/mol. The average Bonchev–Trinajstić information content (AvgIpc) is 2.96. The Morgan fingerprint density at radius 3 is 2.89 bits per heavy atom. The Hall–Kier alpha value is -2.30. The van der Waals surface area contributed by atoms with Crippen LogP contribution in [0.4, 0.5) is 0 Å². The quantitative estimate of drug-likeness (QED) is 0.775. The molecule has 0 aliphatic rings. The number of ether oxygens (including phenoxy) is 1. The Kier molecular flexibility index (Phi) is 4.98. The first-order chi connectivity index (χ1) is 9.34. The van der Waals surface area contributed by atoms with Crippen LogP contribution in [0.15, 0.2) is 47.4 Å². The van der Waals surface area contributed by atoms with Crippen LogP contribution in [0.5, 0.6) is 5.75 Å². The Morgan fingerprint density at radius 1 is 1.32 bits per heavy atom. The molecule has 5 nitrogen and oxygen atoms in total. The lowest BCUT2D eigenvalue weighted by Crippen LogP contribution is -2.23. The van der Waals surface area contributed by atoms with Crippen molar-refractivity contribution >= 4 is 5.91 Å². The van der Waals surface area contributed by atoms with Gasteiger partial charge in [0.1, 0.15) is 12.0 Å². The van der Waals surface area contributed by atoms with Gasteiger partial charge in [0, 0.05) is 6.42 Å². The fourth-order valence-corrected chi connectivity index (χ4v) is 1.54. The minimum absolute atomic E-state index is 0.0142. The van der Waals surface area contributed by atoms with Crippen LogP contribution in [0, 0.1) is 0 Å². The highest BCUT2D eigenvalue weighted by Gasteiger charge is 2.03. The third kappa shape index (κ3) is 4.83. The monoisotopic (exact) mass is 260 g/mol. The van der Waals surface area contributed by atoms with E-state index < -0.39 is 0 Å². The zero-order valence-electron chi connectivity index (χ0n) is 10.5. The summed E-state index contributed by atoms with van der Waals surface area (Å²) in [6.07, 6.45) is 3.97. The molecule has 1 amide bonds. The lowest BCUT2D eigenvalue weighted by molar-refractivity contribution is -0.121. The molecule has 0 spiro atoms. The van der Waals surface area contributed by atoms with E-state index >= 15 is 0 Å². The van der Waals surface area contributed by atoms with Crippen LogP contribution in [0.3, 0.4) is 0 Å². The highest BCUT2D eigenvalue weighted by molar-refractivity contribution is 5.75. The summed E-state index contributed by atoms with van der Waals surface area (Å²) < 4.78 is 10.3. The number of carbonyl (C=O) groups is 1. The minimum Gasteiger partial charge on any atom is -0.494 e. The molecule has 0 saturated carbocycles. The van der Waals surface area contributed by atoms with Crippen molar-refractivity contribution in [1.29, 1.82) is 0 Å². The van der Waals surface area contributed by atoms with E-state index in [4.69, 9.17) is 9.15 Å². The van der Waals surface area contributed by atoms with Crippen LogP contribution >= 0.6 is 0 Å². The number of hydrogen-bond donors (Lipinski definition) is 1. The summed E-state index contributed by atoms with van der Waals surface area (Å²) in [6.45, 7) is 0.927. The maximum atomic E-state index is 11.5. The molecule has 5 heteroatoms. The maximum absolute atomic E-state index is 11.5. The van der Waals surface area contributed by atoms with Gasteiger partial charge in [0.2, 0.25) is 5.91 Å². The van der Waals surface area contributed by atoms with Crippen molar-refractivity contribution in [2.24, 2.45) is 0 Å². The molecule has 1 aromatic heterocycles. The number of hydrogen-bond acceptors (Lipinski definition) is 4. The Balaban J connectivity index is 1.57. The van der Waals surface area contributed by atoms with Crippen LogP contribution in [0.2, 0.25) is 0 Å². The average molecular weight is 260 g/mol. The maximum Gasteiger partial charge on any atom is 0.220 e. The van der Waals surface area contributed by atoms with Gasteiger partial charge in [0.15, 0.2) is 6.39 Å². The van der Waals surface area contributed by atoms with Crippen molar-refractivity contribution in [3.63, 3.8) is 0 Å². The van der Waals surface area contributed by atoms with Gasteiger partial charge in [-0.3, -0.25) is 4.79 Å². The van der Waals surface area contributed by atoms with Gasteiger partial charge in [-0.1, -0.05) is 18.2 Å². The molecule has 2 aromatic rings. The second kappa shape index (κ2) is 7.20. The topological polar surface area (TPSA) is 64.4 Å². The molecule has 0 atom stereocenters. The number of benzene rings is 1. The molecule has 0 fully saturated rings. The van der Waals surface area contributed by atoms with E-state index in [1.807, 2.05) is 30.3 Å². The number of carbonyl (C=O) groups excluding carboxylic acids is 1. The molecule has 1 heterocycles. The largest absolute Gasteiger partial charge is 0.494 e. The van der Waals surface area contributed by atoms with Gasteiger partial charge in [0.25, 0.3) is 0 Å². The van der Waals surface area contributed by atoms with Gasteiger partial charge in [0.05, 0.1) is 18.8 Å². The second-order valence-corrected chi connectivity index (χ2v) is 4.02. The number of amides is 1. The Labute approximate surface area is 111 Å². The second-order valence-electron chi connectivity index (χ2n) is 4.02. The smallest absolute Gasteiger partial charge is 0.220 e. The van der Waals surface area contributed by atoms with Gasteiger partial charge >= 0.3 is 0 Å². The molecule has 0 aliphatic heterocycles. The molecule has 0 saturated heterocycles. The van der Waals surface area contributed by atoms with E-state index in [1.54, 1.807) is 0 Å². The molecule has 0 unspecified atom stereocenters. The normalized spacial score (nSPS) is 10.1. The third-order valence-electron chi connectivity index (χ3n) is 2.51. The van der Waals surface area contributed by atoms with Crippen LogP contribution in [0.25, 0.3) is 0 Å². The number of rotatable bonds is 7. The summed E-state index contributed by atoms with van der Waals surface area (Å²) in [7, 11) is 0. The number of para-hydroxylation sites is 1. The van der Waals surface area contributed by atoms with Crippen LogP contribution in [0.1, 0.15) is 18.5 Å². The van der Waals surface area contributed by atoms with E-state index in [2.05, 4.69) is 10.3 Å². The van der Waals surface area contributed by atoms with Crippen molar-refractivity contribution in [3.05, 3.63) is 48.7 Å². The SMILES string of the molecule is O=C(CCCOc1ccccc1)NCc1cocn1. The van der Waals surface area contributed by atoms with E-state index in [0.717, 1.165) is 5.75 Å². The third-order valence-corrected chi connectivity index (χ3v) is 2.51. The zero-order valence-corrected chi connectivity index (χ0v) is 10.5. The number of oxazole rings is 1. The summed E-state index contributed by atoms with van der Waals surface area (Å²) in [4.78, 5) is 15.4. The first-order valence-corrected chi connectivity index (χ1v) is 6.16. The van der Waals surface area contributed by atoms with Gasteiger partial charge in [-0.25, -0.2) is 4.98 Å². The van der Waals surface area contributed by atoms with Gasteiger partial charge in [-0.15, -0.1) is 0 Å². The minimum atomic E-state index is -0.0142. The van der Waals surface area contributed by atoms with Crippen molar-refractivity contribution < 1.29 is 13.9 Å². The van der Waals surface area contributed by atoms with E-state index in [-0.39, 0.29) is 5.91 Å². The van der Waals surface area contributed by atoms with Crippen LogP contribution in [-0.4, -0.2) is 17.5 Å². The highest BCUT2D eigenvalue weighted by Crippen LogP contribution is 2.08. The zero-order chi connectivity index (χ0) is 13.3. The molecule has 100 valence electrons. The molecule has 0 aliphatic carbocycles. The van der Waals surface area contributed by atoms with Crippen LogP contribution < -0.4 is 10.1 Å². The van der Waals surface area contributed by atoms with Crippen LogP contribution in [-0.2, 0) is 11.3 Å². The standard InChI is InChI=1S/C14H16N2O3/c17-14(15-9-12-10-18-11-16-12)7-4-8-19-13-5-2-1-3-6-13/h1-3,5-6,10-11H,4,7-9H2,(H,15,17). The molecule has 2 rings (SSSR count). The molecule has 1 aromatic carbocycles. The van der Waals surface area contributed by atoms with Gasteiger partial charge < -0.3 is 14.5 Å². The lowest BCUT2D eigenvalue weighted by atomic mass is 10.3. The molecular formula is C14H16N2O3. The van der Waals surface area contributed by atoms with E-state index in [1.165, 1.54) is 12.7 Å². The predicted octanol–water partition coefficient (Wildman–Crippen LogP) is 2.15. The summed E-state index contributed by atoms with van der Waals surface area (Å²) >= 11 is 0. The summed E-state index contributed by atoms with van der Waals surface area (Å²) in [5.41, 5.74) is 0.717. The molecule has 0 bridgehead atoms. The molecular weight excluding hydrogens is 244 g/mol. The molecule has 1 N–H and O–H groups in total. The number of nitrogens with one attached hydrogen (secondary N) is 1. The fourth-order valence-electron chi connectivity index (χ4n) is 1.54. The number of nitrogens with zero attached hydrogens (tertiary/aromatic N) is 1. The van der Waals surface area contributed by atoms with Crippen molar-refractivity contribution in [2.75, 3.05) is 6.61 Å². The highest BCUT2D eigenvalue weighted by atomic mass is 16.5. The van der Waals surface area contributed by atoms with Crippen molar-refractivity contribution in [1.82, 2.24) is 10.3 Å². The first-order valence-electron chi connectivity index (χ1n) is 6.16. The Bertz CT molecular complexity index is 483. The Morgan fingerprint density at radius 2 is 2.16 bits per heavy atom. The molecule has 19 heavy (non-hydrogen) atoms. The summed E-state index contributed by atoms with van der Waals surface area (Å²) in [6, 6.07) is 9.55. The van der Waals surface area contributed by atoms with Gasteiger partial charge in [-0.05, 0) is 18.6 Å². The summed E-state index contributed by atoms with van der Waals surface area (Å²) in [5, 5.41) is 2.77. The fraction of sp³-hybridized carbons (Fsp3) is 0.286. The van der Waals surface area contributed by atoms with E-state index in [0.29, 0.717) is 31.7 Å². The van der Waals surface area contributed by atoms with E-state index in [9.17, 15) is 4.79 Å². The first kappa shape index (κ1) is 13.1. The summed E-state index contributed by atoms with van der Waals surface area (Å²) in [5.74, 6) is 0.810. The lowest BCUT2D eigenvalue weighted by Gasteiger charge is -2.06. The van der Waals surface area contributed by atoms with Crippen molar-refractivity contribution in [3.8, 4) is 5.75 Å². The van der Waals surface area contributed by atoms with Crippen molar-refractivity contribution in [2.45, 2.75) is 19.4 Å². The molecule has 0 radical (unpaired) electrons. The number of aromatic nitrogens is 1.